The summed E-state index contributed by atoms with van der Waals surface area (Å²) in [6, 6.07) is 6.05. The smallest absolute Gasteiger partial charge is 0.254 e. The molecule has 18 heavy (non-hydrogen) atoms. The molecule has 1 saturated heterocycles. The molecule has 2 rings (SSSR count). The van der Waals surface area contributed by atoms with Crippen LogP contribution in [0.15, 0.2) is 18.2 Å². The molecule has 0 radical (unpaired) electrons. The van der Waals surface area contributed by atoms with E-state index in [0.717, 1.165) is 43.9 Å². The Kier molecular flexibility index (Phi) is 4.02. The van der Waals surface area contributed by atoms with Crippen LogP contribution >= 0.6 is 0 Å². The fourth-order valence-corrected chi connectivity index (χ4v) is 2.49. The van der Waals surface area contributed by atoms with Gasteiger partial charge < -0.3 is 9.80 Å². The quantitative estimate of drug-likeness (QED) is 0.797. The lowest BCUT2D eigenvalue weighted by Crippen LogP contribution is -2.48. The average molecular weight is 246 g/mol. The first kappa shape index (κ1) is 13.1. The molecular weight excluding hydrogens is 224 g/mol. The Hall–Kier alpha value is -1.35. The highest BCUT2D eigenvalue weighted by atomic mass is 16.2. The number of hydrogen-bond acceptors (Lipinski definition) is 2. The van der Waals surface area contributed by atoms with E-state index in [4.69, 9.17) is 0 Å². The van der Waals surface area contributed by atoms with Crippen molar-refractivity contribution < 1.29 is 4.79 Å². The maximum absolute atomic E-state index is 12.4. The van der Waals surface area contributed by atoms with Crippen LogP contribution in [0, 0.1) is 13.8 Å². The predicted molar refractivity (Wildman–Crippen MR) is 73.9 cm³/mol. The second kappa shape index (κ2) is 5.53. The summed E-state index contributed by atoms with van der Waals surface area (Å²) in [5.74, 6) is 0.184. The molecule has 0 atom stereocenters. The van der Waals surface area contributed by atoms with Crippen molar-refractivity contribution >= 4 is 5.91 Å². The summed E-state index contributed by atoms with van der Waals surface area (Å²) in [6.45, 7) is 11.0. The topological polar surface area (TPSA) is 23.6 Å². The fourth-order valence-electron chi connectivity index (χ4n) is 2.49. The van der Waals surface area contributed by atoms with Gasteiger partial charge in [-0.25, -0.2) is 0 Å². The molecule has 1 amide bonds. The number of likely N-dealkylation sites (N-methyl/N-ethyl adjacent to an activating group) is 1. The van der Waals surface area contributed by atoms with Gasteiger partial charge in [-0.05, 0) is 32.0 Å². The molecule has 3 heteroatoms. The molecule has 0 bridgehead atoms. The summed E-state index contributed by atoms with van der Waals surface area (Å²) >= 11 is 0. The molecule has 0 aromatic heterocycles. The first-order valence-corrected chi connectivity index (χ1v) is 6.70. The second-order valence-corrected chi connectivity index (χ2v) is 5.04. The molecule has 0 saturated carbocycles. The molecule has 1 aromatic rings. The Morgan fingerprint density at radius 1 is 1.17 bits per heavy atom. The molecule has 0 unspecified atom stereocenters. The molecule has 1 fully saturated rings. The van der Waals surface area contributed by atoms with Gasteiger partial charge >= 0.3 is 0 Å². The number of rotatable bonds is 2. The molecule has 3 nitrogen and oxygen atoms in total. The number of nitrogens with zero attached hydrogens (tertiary/aromatic N) is 2. The zero-order chi connectivity index (χ0) is 13.1. The van der Waals surface area contributed by atoms with Crippen LogP contribution in [0.25, 0.3) is 0 Å². The minimum atomic E-state index is 0.184. The highest BCUT2D eigenvalue weighted by Gasteiger charge is 2.22. The van der Waals surface area contributed by atoms with E-state index >= 15 is 0 Å². The van der Waals surface area contributed by atoms with Crippen LogP contribution in [0.2, 0.25) is 0 Å². The normalized spacial score (nSPS) is 16.9. The summed E-state index contributed by atoms with van der Waals surface area (Å²) in [5.41, 5.74) is 3.14. The highest BCUT2D eigenvalue weighted by Crippen LogP contribution is 2.14. The number of hydrogen-bond donors (Lipinski definition) is 0. The largest absolute Gasteiger partial charge is 0.336 e. The first-order valence-electron chi connectivity index (χ1n) is 6.70. The molecule has 98 valence electrons. The Labute approximate surface area is 109 Å². The average Bonchev–Trinajstić information content (AvgIpc) is 2.38. The van der Waals surface area contributed by atoms with Crippen LogP contribution in [0.3, 0.4) is 0 Å². The zero-order valence-corrected chi connectivity index (χ0v) is 11.6. The standard InChI is InChI=1S/C15H22N2O/c1-4-16-7-9-17(10-8-16)15(18)14-6-5-12(2)11-13(14)3/h5-6,11H,4,7-10H2,1-3H3. The fraction of sp³-hybridized carbons (Fsp3) is 0.533. The lowest BCUT2D eigenvalue weighted by atomic mass is 10.0. The Balaban J connectivity index is 2.08. The van der Waals surface area contributed by atoms with E-state index in [9.17, 15) is 4.79 Å². The summed E-state index contributed by atoms with van der Waals surface area (Å²) in [6.07, 6.45) is 0. The van der Waals surface area contributed by atoms with Crippen molar-refractivity contribution in [1.82, 2.24) is 9.80 Å². The van der Waals surface area contributed by atoms with E-state index in [-0.39, 0.29) is 5.91 Å². The van der Waals surface area contributed by atoms with Gasteiger partial charge in [0.05, 0.1) is 0 Å². The molecule has 0 aliphatic carbocycles. The molecule has 1 aliphatic heterocycles. The molecule has 0 spiro atoms. The van der Waals surface area contributed by atoms with Gasteiger partial charge in [-0.15, -0.1) is 0 Å². The van der Waals surface area contributed by atoms with Gasteiger partial charge in [-0.2, -0.15) is 0 Å². The van der Waals surface area contributed by atoms with E-state index in [2.05, 4.69) is 24.8 Å². The summed E-state index contributed by atoms with van der Waals surface area (Å²) in [5, 5.41) is 0. The third kappa shape index (κ3) is 2.72. The Bertz CT molecular complexity index is 434. The van der Waals surface area contributed by atoms with Crippen LogP contribution in [0.4, 0.5) is 0 Å². The molecule has 1 heterocycles. The third-order valence-corrected chi connectivity index (χ3v) is 3.72. The van der Waals surface area contributed by atoms with Crippen molar-refractivity contribution in [2.75, 3.05) is 32.7 Å². The van der Waals surface area contributed by atoms with Gasteiger partial charge in [-0.1, -0.05) is 24.6 Å². The lowest BCUT2D eigenvalue weighted by Gasteiger charge is -2.34. The van der Waals surface area contributed by atoms with Gasteiger partial charge in [0, 0.05) is 31.7 Å². The first-order chi connectivity index (χ1) is 8.61. The van der Waals surface area contributed by atoms with Crippen LogP contribution < -0.4 is 0 Å². The third-order valence-electron chi connectivity index (χ3n) is 3.72. The van der Waals surface area contributed by atoms with Gasteiger partial charge in [0.15, 0.2) is 0 Å². The maximum atomic E-state index is 12.4. The number of piperazine rings is 1. The SMILES string of the molecule is CCN1CCN(C(=O)c2ccc(C)cc2C)CC1. The molecule has 1 aliphatic rings. The van der Waals surface area contributed by atoms with Gasteiger partial charge in [-0.3, -0.25) is 4.79 Å². The highest BCUT2D eigenvalue weighted by molar-refractivity contribution is 5.95. The molecule has 0 N–H and O–H groups in total. The monoisotopic (exact) mass is 246 g/mol. The lowest BCUT2D eigenvalue weighted by molar-refractivity contribution is 0.0642. The minimum Gasteiger partial charge on any atom is -0.336 e. The van der Waals surface area contributed by atoms with Gasteiger partial charge in [0.2, 0.25) is 0 Å². The van der Waals surface area contributed by atoms with Crippen molar-refractivity contribution in [2.45, 2.75) is 20.8 Å². The number of carbonyl (C=O) groups excluding carboxylic acids is 1. The van der Waals surface area contributed by atoms with Crippen molar-refractivity contribution in [3.05, 3.63) is 34.9 Å². The summed E-state index contributed by atoms with van der Waals surface area (Å²) in [4.78, 5) is 16.8. The zero-order valence-electron chi connectivity index (χ0n) is 11.6. The Morgan fingerprint density at radius 3 is 2.39 bits per heavy atom. The molecule has 1 aromatic carbocycles. The van der Waals surface area contributed by atoms with Crippen molar-refractivity contribution in [3.8, 4) is 0 Å². The van der Waals surface area contributed by atoms with Crippen molar-refractivity contribution in [3.63, 3.8) is 0 Å². The minimum absolute atomic E-state index is 0.184. The van der Waals surface area contributed by atoms with E-state index in [0.29, 0.717) is 0 Å². The maximum Gasteiger partial charge on any atom is 0.254 e. The number of aryl methyl sites for hydroxylation is 2. The number of benzene rings is 1. The van der Waals surface area contributed by atoms with Crippen LogP contribution in [-0.4, -0.2) is 48.4 Å². The predicted octanol–water partition coefficient (Wildman–Crippen LogP) is 2.08. The Morgan fingerprint density at radius 2 is 1.83 bits per heavy atom. The summed E-state index contributed by atoms with van der Waals surface area (Å²) in [7, 11) is 0. The number of carbonyl (C=O) groups is 1. The van der Waals surface area contributed by atoms with Crippen molar-refractivity contribution in [2.24, 2.45) is 0 Å². The molecular formula is C15H22N2O. The second-order valence-electron chi connectivity index (χ2n) is 5.04. The van der Waals surface area contributed by atoms with Crippen LogP contribution in [0.5, 0.6) is 0 Å². The van der Waals surface area contributed by atoms with Crippen LogP contribution in [-0.2, 0) is 0 Å². The van der Waals surface area contributed by atoms with Gasteiger partial charge in [0.25, 0.3) is 5.91 Å². The van der Waals surface area contributed by atoms with Crippen LogP contribution in [0.1, 0.15) is 28.4 Å². The summed E-state index contributed by atoms with van der Waals surface area (Å²) < 4.78 is 0. The van der Waals surface area contributed by atoms with Gasteiger partial charge in [0.1, 0.15) is 0 Å². The van der Waals surface area contributed by atoms with E-state index < -0.39 is 0 Å². The number of amides is 1. The van der Waals surface area contributed by atoms with E-state index in [1.165, 1.54) is 5.56 Å². The van der Waals surface area contributed by atoms with E-state index in [1.54, 1.807) is 0 Å². The van der Waals surface area contributed by atoms with E-state index in [1.807, 2.05) is 24.0 Å². The van der Waals surface area contributed by atoms with Crippen molar-refractivity contribution in [1.29, 1.82) is 0 Å².